The maximum absolute atomic E-state index is 10.1. The van der Waals surface area contributed by atoms with Crippen LogP contribution in [-0.2, 0) is 12.0 Å². The number of halogens is 1. The fraction of sp³-hybridized carbons (Fsp3) is 0.400. The number of hydrogen-bond donors (Lipinski definition) is 2. The van der Waals surface area contributed by atoms with Crippen molar-refractivity contribution in [2.75, 3.05) is 6.54 Å². The third kappa shape index (κ3) is 1.41. The minimum absolute atomic E-state index is 0.302. The van der Waals surface area contributed by atoms with Gasteiger partial charge in [-0.25, -0.2) is 0 Å². The second-order valence-corrected chi connectivity index (χ2v) is 4.45. The average molecular weight is 242 g/mol. The maximum Gasteiger partial charge on any atom is 0.102 e. The van der Waals surface area contributed by atoms with Crippen LogP contribution in [0.3, 0.4) is 0 Å². The first-order valence-corrected chi connectivity index (χ1v) is 5.16. The highest BCUT2D eigenvalue weighted by atomic mass is 79.9. The Kier molecular flexibility index (Phi) is 2.18. The number of hydrogen-bond acceptors (Lipinski definition) is 2. The molecule has 0 radical (unpaired) electrons. The van der Waals surface area contributed by atoms with Crippen LogP contribution in [0.5, 0.6) is 0 Å². The molecule has 0 amide bonds. The Morgan fingerprint density at radius 1 is 1.54 bits per heavy atom. The third-order valence-electron chi connectivity index (χ3n) is 2.72. The molecule has 3 heteroatoms. The van der Waals surface area contributed by atoms with Gasteiger partial charge in [-0.3, -0.25) is 0 Å². The minimum Gasteiger partial charge on any atom is -0.384 e. The molecule has 0 heterocycles. The number of benzene rings is 1. The minimum atomic E-state index is -0.793. The zero-order valence-electron chi connectivity index (χ0n) is 7.26. The molecule has 1 aromatic rings. The first kappa shape index (κ1) is 9.19. The largest absolute Gasteiger partial charge is 0.384 e. The van der Waals surface area contributed by atoms with Gasteiger partial charge in [-0.1, -0.05) is 22.0 Å². The van der Waals surface area contributed by atoms with Crippen molar-refractivity contribution in [3.05, 3.63) is 33.8 Å². The Balaban J connectivity index is 2.52. The van der Waals surface area contributed by atoms with E-state index in [9.17, 15) is 5.11 Å². The molecule has 1 aliphatic carbocycles. The summed E-state index contributed by atoms with van der Waals surface area (Å²) in [4.78, 5) is 0. The molecule has 1 aliphatic rings. The Morgan fingerprint density at radius 3 is 3.00 bits per heavy atom. The Morgan fingerprint density at radius 2 is 2.31 bits per heavy atom. The standard InChI is InChI=1S/C10H12BrNO/c11-8-2-1-7-3-4-10(13,6-12)9(7)5-8/h1-2,5,13H,3-4,6,12H2. The quantitative estimate of drug-likeness (QED) is 0.784. The van der Waals surface area contributed by atoms with Gasteiger partial charge in [0.25, 0.3) is 0 Å². The van der Waals surface area contributed by atoms with Gasteiger partial charge in [-0.05, 0) is 36.1 Å². The zero-order chi connectivity index (χ0) is 9.47. The molecule has 0 bridgehead atoms. The molecule has 0 aromatic heterocycles. The van der Waals surface area contributed by atoms with Crippen molar-refractivity contribution in [2.45, 2.75) is 18.4 Å². The topological polar surface area (TPSA) is 46.2 Å². The molecular weight excluding hydrogens is 230 g/mol. The number of rotatable bonds is 1. The van der Waals surface area contributed by atoms with Crippen LogP contribution in [-0.4, -0.2) is 11.7 Å². The van der Waals surface area contributed by atoms with Crippen LogP contribution in [0.15, 0.2) is 22.7 Å². The number of fused-ring (bicyclic) bond motifs is 1. The predicted octanol–water partition coefficient (Wildman–Crippen LogP) is 1.54. The molecular formula is C10H12BrNO. The Labute approximate surface area is 85.9 Å². The zero-order valence-corrected chi connectivity index (χ0v) is 8.84. The molecule has 2 nitrogen and oxygen atoms in total. The van der Waals surface area contributed by atoms with Crippen LogP contribution >= 0.6 is 15.9 Å². The van der Waals surface area contributed by atoms with Crippen molar-refractivity contribution >= 4 is 15.9 Å². The van der Waals surface area contributed by atoms with Gasteiger partial charge in [0.1, 0.15) is 5.60 Å². The van der Waals surface area contributed by atoms with Crippen molar-refractivity contribution in [2.24, 2.45) is 5.73 Å². The van der Waals surface area contributed by atoms with E-state index >= 15 is 0 Å². The summed E-state index contributed by atoms with van der Waals surface area (Å²) in [5, 5.41) is 10.1. The van der Waals surface area contributed by atoms with Crippen molar-refractivity contribution in [1.29, 1.82) is 0 Å². The summed E-state index contributed by atoms with van der Waals surface area (Å²) in [6.07, 6.45) is 1.67. The molecule has 0 fully saturated rings. The first-order chi connectivity index (χ1) is 6.15. The van der Waals surface area contributed by atoms with Gasteiger partial charge < -0.3 is 10.8 Å². The molecule has 2 rings (SSSR count). The molecule has 1 unspecified atom stereocenters. The summed E-state index contributed by atoms with van der Waals surface area (Å²) in [6, 6.07) is 6.02. The molecule has 0 saturated carbocycles. The summed E-state index contributed by atoms with van der Waals surface area (Å²) in [5.41, 5.74) is 6.98. The lowest BCUT2D eigenvalue weighted by molar-refractivity contribution is 0.0481. The lowest BCUT2D eigenvalue weighted by Crippen LogP contribution is -2.32. The van der Waals surface area contributed by atoms with Crippen LogP contribution in [0.25, 0.3) is 0 Å². The van der Waals surface area contributed by atoms with Crippen LogP contribution in [0, 0.1) is 0 Å². The van der Waals surface area contributed by atoms with Crippen LogP contribution in [0.1, 0.15) is 17.5 Å². The van der Waals surface area contributed by atoms with E-state index in [0.717, 1.165) is 22.9 Å². The van der Waals surface area contributed by atoms with Crippen molar-refractivity contribution in [3.63, 3.8) is 0 Å². The number of aryl methyl sites for hydroxylation is 1. The fourth-order valence-electron chi connectivity index (χ4n) is 1.89. The van der Waals surface area contributed by atoms with Gasteiger partial charge in [-0.2, -0.15) is 0 Å². The SMILES string of the molecule is NCC1(O)CCc2ccc(Br)cc21. The van der Waals surface area contributed by atoms with E-state index in [-0.39, 0.29) is 0 Å². The number of aliphatic hydroxyl groups is 1. The Bertz CT molecular complexity index is 340. The summed E-state index contributed by atoms with van der Waals surface area (Å²) in [6.45, 7) is 0.302. The van der Waals surface area contributed by atoms with E-state index in [1.807, 2.05) is 18.2 Å². The van der Waals surface area contributed by atoms with E-state index in [4.69, 9.17) is 5.73 Å². The molecule has 3 N–H and O–H groups in total. The van der Waals surface area contributed by atoms with Gasteiger partial charge >= 0.3 is 0 Å². The lowest BCUT2D eigenvalue weighted by atomic mass is 9.96. The maximum atomic E-state index is 10.1. The normalized spacial score (nSPS) is 26.1. The smallest absolute Gasteiger partial charge is 0.102 e. The molecule has 1 aromatic carbocycles. The first-order valence-electron chi connectivity index (χ1n) is 4.37. The number of nitrogens with two attached hydrogens (primary N) is 1. The molecule has 13 heavy (non-hydrogen) atoms. The summed E-state index contributed by atoms with van der Waals surface area (Å²) >= 11 is 3.39. The van der Waals surface area contributed by atoms with E-state index in [0.29, 0.717) is 6.54 Å². The molecule has 0 aliphatic heterocycles. The second kappa shape index (κ2) is 3.08. The average Bonchev–Trinajstić information content (AvgIpc) is 2.45. The van der Waals surface area contributed by atoms with E-state index < -0.39 is 5.60 Å². The lowest BCUT2D eigenvalue weighted by Gasteiger charge is -2.21. The van der Waals surface area contributed by atoms with E-state index in [1.54, 1.807) is 0 Å². The van der Waals surface area contributed by atoms with Gasteiger partial charge in [-0.15, -0.1) is 0 Å². The third-order valence-corrected chi connectivity index (χ3v) is 3.21. The van der Waals surface area contributed by atoms with Crippen LogP contribution in [0.2, 0.25) is 0 Å². The highest BCUT2D eigenvalue weighted by Gasteiger charge is 2.35. The predicted molar refractivity (Wildman–Crippen MR) is 55.4 cm³/mol. The van der Waals surface area contributed by atoms with E-state index in [1.165, 1.54) is 5.56 Å². The van der Waals surface area contributed by atoms with Gasteiger partial charge in [0, 0.05) is 11.0 Å². The van der Waals surface area contributed by atoms with Crippen molar-refractivity contribution < 1.29 is 5.11 Å². The summed E-state index contributed by atoms with van der Waals surface area (Å²) < 4.78 is 1.00. The van der Waals surface area contributed by atoms with Crippen molar-refractivity contribution in [1.82, 2.24) is 0 Å². The highest BCUT2D eigenvalue weighted by Crippen LogP contribution is 2.37. The van der Waals surface area contributed by atoms with E-state index in [2.05, 4.69) is 15.9 Å². The highest BCUT2D eigenvalue weighted by molar-refractivity contribution is 9.10. The van der Waals surface area contributed by atoms with Crippen molar-refractivity contribution in [3.8, 4) is 0 Å². The Hall–Kier alpha value is -0.380. The fourth-order valence-corrected chi connectivity index (χ4v) is 2.25. The van der Waals surface area contributed by atoms with Gasteiger partial charge in [0.05, 0.1) is 0 Å². The van der Waals surface area contributed by atoms with Crippen LogP contribution in [0.4, 0.5) is 0 Å². The molecule has 0 spiro atoms. The summed E-state index contributed by atoms with van der Waals surface area (Å²) in [5.74, 6) is 0. The monoisotopic (exact) mass is 241 g/mol. The molecule has 1 atom stereocenters. The summed E-state index contributed by atoms with van der Waals surface area (Å²) in [7, 11) is 0. The molecule has 0 saturated heterocycles. The molecule has 70 valence electrons. The van der Waals surface area contributed by atoms with Gasteiger partial charge in [0.15, 0.2) is 0 Å². The van der Waals surface area contributed by atoms with Crippen LogP contribution < -0.4 is 5.73 Å². The van der Waals surface area contributed by atoms with Gasteiger partial charge in [0.2, 0.25) is 0 Å². The second-order valence-electron chi connectivity index (χ2n) is 3.54.